The summed E-state index contributed by atoms with van der Waals surface area (Å²) in [6.07, 6.45) is 6.62. The topological polar surface area (TPSA) is 61.4 Å². The Bertz CT molecular complexity index is 1060. The largest absolute Gasteiger partial charge is 0.350 e. The number of para-hydroxylation sites is 2. The van der Waals surface area contributed by atoms with Crippen LogP contribution in [-0.2, 0) is 10.5 Å². The highest BCUT2D eigenvalue weighted by Gasteiger charge is 2.61. The normalized spacial score (nSPS) is 28.7. The van der Waals surface area contributed by atoms with Gasteiger partial charge in [0.2, 0.25) is 5.66 Å². The van der Waals surface area contributed by atoms with Crippen LogP contribution in [0.2, 0.25) is 0 Å². The van der Waals surface area contributed by atoms with Crippen molar-refractivity contribution in [1.29, 1.82) is 0 Å². The Morgan fingerprint density at radius 3 is 2.59 bits per heavy atom. The molecule has 1 aliphatic carbocycles. The minimum atomic E-state index is -1.22. The number of carbonyl (C=O) groups is 2. The monoisotopic (exact) mass is 387 g/mol. The number of carbonyl (C=O) groups excluding carboxylic acids is 2. The number of nitrogens with one attached hydrogen (secondary N) is 2. The standard InChI is InChI=1S/C24H25N3O2/c1-15-14-23(12-5-2-6-13-23)27-20-16(15)9-7-10-18(20)24(22(27)29)25-19-11-4-3-8-17(19)21(28)26-24/h3-4,7-11,15,25H,2,5-6,12-14H2,1H3,(H,26,28)/t15-,24+/m0/s1. The van der Waals surface area contributed by atoms with E-state index in [0.717, 1.165) is 43.4 Å². The molecule has 0 radical (unpaired) electrons. The van der Waals surface area contributed by atoms with Crippen molar-refractivity contribution in [3.63, 3.8) is 0 Å². The Morgan fingerprint density at radius 1 is 0.966 bits per heavy atom. The Kier molecular flexibility index (Phi) is 3.31. The van der Waals surface area contributed by atoms with Gasteiger partial charge < -0.3 is 15.5 Å². The van der Waals surface area contributed by atoms with Crippen molar-refractivity contribution < 1.29 is 9.59 Å². The van der Waals surface area contributed by atoms with Gasteiger partial charge in [-0.3, -0.25) is 9.59 Å². The summed E-state index contributed by atoms with van der Waals surface area (Å²) in [4.78, 5) is 29.2. The van der Waals surface area contributed by atoms with Crippen LogP contribution in [0.15, 0.2) is 42.5 Å². The third kappa shape index (κ3) is 2.05. The third-order valence-electron chi connectivity index (χ3n) is 7.49. The van der Waals surface area contributed by atoms with E-state index in [1.54, 1.807) is 6.07 Å². The number of rotatable bonds is 0. The molecule has 6 rings (SSSR count). The van der Waals surface area contributed by atoms with Gasteiger partial charge in [-0.2, -0.15) is 0 Å². The van der Waals surface area contributed by atoms with Crippen molar-refractivity contribution in [2.45, 2.75) is 62.6 Å². The predicted octanol–water partition coefficient (Wildman–Crippen LogP) is 4.25. The summed E-state index contributed by atoms with van der Waals surface area (Å²) in [6, 6.07) is 13.6. The van der Waals surface area contributed by atoms with Gasteiger partial charge in [0.1, 0.15) is 0 Å². The lowest BCUT2D eigenvalue weighted by atomic mass is 9.70. The molecule has 3 aliphatic heterocycles. The van der Waals surface area contributed by atoms with Crippen LogP contribution in [0.5, 0.6) is 0 Å². The molecule has 4 aliphatic rings. The Morgan fingerprint density at radius 2 is 1.76 bits per heavy atom. The number of hydrogen-bond acceptors (Lipinski definition) is 3. The van der Waals surface area contributed by atoms with Crippen molar-refractivity contribution in [2.24, 2.45) is 0 Å². The van der Waals surface area contributed by atoms with Crippen LogP contribution in [0.4, 0.5) is 11.4 Å². The van der Waals surface area contributed by atoms with Gasteiger partial charge >= 0.3 is 0 Å². The molecule has 2 N–H and O–H groups in total. The number of amides is 2. The molecule has 2 atom stereocenters. The first-order valence-corrected chi connectivity index (χ1v) is 10.7. The number of fused-ring (bicyclic) bond motifs is 3. The summed E-state index contributed by atoms with van der Waals surface area (Å²) in [5.41, 5.74) is 3.09. The van der Waals surface area contributed by atoms with Crippen LogP contribution in [0, 0.1) is 0 Å². The van der Waals surface area contributed by atoms with Crippen molar-refractivity contribution in [2.75, 3.05) is 10.2 Å². The van der Waals surface area contributed by atoms with Crippen molar-refractivity contribution in [1.82, 2.24) is 5.32 Å². The van der Waals surface area contributed by atoms with E-state index >= 15 is 0 Å². The van der Waals surface area contributed by atoms with Gasteiger partial charge in [0.25, 0.3) is 11.8 Å². The van der Waals surface area contributed by atoms with Crippen LogP contribution in [0.1, 0.15) is 72.9 Å². The number of nitrogens with zero attached hydrogens (tertiary/aromatic N) is 1. The molecule has 0 aromatic heterocycles. The highest BCUT2D eigenvalue weighted by atomic mass is 16.2. The molecule has 3 heterocycles. The highest BCUT2D eigenvalue weighted by Crippen LogP contribution is 2.57. The lowest BCUT2D eigenvalue weighted by Crippen LogP contribution is -2.64. The molecule has 0 bridgehead atoms. The lowest BCUT2D eigenvalue weighted by molar-refractivity contribution is -0.124. The summed E-state index contributed by atoms with van der Waals surface area (Å²) < 4.78 is 0. The first-order chi connectivity index (χ1) is 14.1. The predicted molar refractivity (Wildman–Crippen MR) is 112 cm³/mol. The molecular weight excluding hydrogens is 362 g/mol. The molecule has 1 saturated carbocycles. The zero-order chi connectivity index (χ0) is 19.8. The second kappa shape index (κ2) is 5.62. The maximum atomic E-state index is 14.1. The molecular formula is C24H25N3O2. The number of hydrogen-bond donors (Lipinski definition) is 2. The summed E-state index contributed by atoms with van der Waals surface area (Å²) in [7, 11) is 0. The van der Waals surface area contributed by atoms with Crippen molar-refractivity contribution >= 4 is 23.2 Å². The van der Waals surface area contributed by atoms with E-state index in [4.69, 9.17) is 0 Å². The average Bonchev–Trinajstić information content (AvgIpc) is 2.96. The smallest absolute Gasteiger partial charge is 0.279 e. The molecule has 2 amide bonds. The molecule has 5 nitrogen and oxygen atoms in total. The first kappa shape index (κ1) is 17.1. The van der Waals surface area contributed by atoms with Gasteiger partial charge in [-0.1, -0.05) is 56.5 Å². The van der Waals surface area contributed by atoms with E-state index in [9.17, 15) is 9.59 Å². The van der Waals surface area contributed by atoms with Crippen molar-refractivity contribution in [3.05, 3.63) is 59.2 Å². The summed E-state index contributed by atoms with van der Waals surface area (Å²) in [6.45, 7) is 2.28. The van der Waals surface area contributed by atoms with Gasteiger partial charge in [-0.15, -0.1) is 0 Å². The molecule has 5 heteroatoms. The molecule has 29 heavy (non-hydrogen) atoms. The summed E-state index contributed by atoms with van der Waals surface area (Å²) >= 11 is 0. The average molecular weight is 387 g/mol. The maximum absolute atomic E-state index is 14.1. The van der Waals surface area contributed by atoms with Crippen LogP contribution in [0.25, 0.3) is 0 Å². The van der Waals surface area contributed by atoms with E-state index in [1.807, 2.05) is 30.3 Å². The minimum absolute atomic E-state index is 0.0309. The SMILES string of the molecule is C[C@H]1CC2(CCCCC2)N2C(=O)[C@]3(NC(=O)c4ccccc4N3)c3cccc1c32. The molecule has 2 spiro atoms. The highest BCUT2D eigenvalue weighted by molar-refractivity contribution is 6.16. The first-order valence-electron chi connectivity index (χ1n) is 10.7. The van der Waals surface area contributed by atoms with Gasteiger partial charge in [0.05, 0.1) is 11.3 Å². The van der Waals surface area contributed by atoms with Crippen LogP contribution in [0.3, 0.4) is 0 Å². The van der Waals surface area contributed by atoms with E-state index in [0.29, 0.717) is 17.2 Å². The molecule has 0 saturated heterocycles. The Balaban J connectivity index is 1.58. The molecule has 0 unspecified atom stereocenters. The van der Waals surface area contributed by atoms with Gasteiger partial charge in [-0.05, 0) is 42.9 Å². The van der Waals surface area contributed by atoms with E-state index in [-0.39, 0.29) is 17.4 Å². The van der Waals surface area contributed by atoms with E-state index < -0.39 is 5.66 Å². The lowest BCUT2D eigenvalue weighted by Gasteiger charge is -2.50. The Labute approximate surface area is 170 Å². The van der Waals surface area contributed by atoms with E-state index in [1.165, 1.54) is 12.0 Å². The number of anilines is 2. The molecule has 148 valence electrons. The quantitative estimate of drug-likeness (QED) is 0.710. The van der Waals surface area contributed by atoms with Gasteiger partial charge in [0.15, 0.2) is 0 Å². The van der Waals surface area contributed by atoms with Crippen LogP contribution >= 0.6 is 0 Å². The van der Waals surface area contributed by atoms with E-state index in [2.05, 4.69) is 28.5 Å². The fraction of sp³-hybridized carbons (Fsp3) is 0.417. The number of benzene rings is 2. The zero-order valence-corrected chi connectivity index (χ0v) is 16.6. The fourth-order valence-corrected chi connectivity index (χ4v) is 6.26. The fourth-order valence-electron chi connectivity index (χ4n) is 6.26. The Hall–Kier alpha value is -2.82. The van der Waals surface area contributed by atoms with Crippen LogP contribution in [-0.4, -0.2) is 17.4 Å². The zero-order valence-electron chi connectivity index (χ0n) is 16.6. The summed E-state index contributed by atoms with van der Waals surface area (Å²) in [5.74, 6) is 0.168. The van der Waals surface area contributed by atoms with Crippen LogP contribution < -0.4 is 15.5 Å². The molecule has 2 aromatic carbocycles. The summed E-state index contributed by atoms with van der Waals surface area (Å²) in [5, 5.41) is 6.51. The second-order valence-corrected chi connectivity index (χ2v) is 9.15. The third-order valence-corrected chi connectivity index (χ3v) is 7.49. The second-order valence-electron chi connectivity index (χ2n) is 9.15. The van der Waals surface area contributed by atoms with Gasteiger partial charge in [-0.25, -0.2) is 0 Å². The minimum Gasteiger partial charge on any atom is -0.350 e. The van der Waals surface area contributed by atoms with Crippen molar-refractivity contribution in [3.8, 4) is 0 Å². The maximum Gasteiger partial charge on any atom is 0.279 e. The molecule has 2 aromatic rings. The van der Waals surface area contributed by atoms with Gasteiger partial charge in [0, 0.05) is 16.8 Å². The molecule has 1 fully saturated rings.